The van der Waals surface area contributed by atoms with E-state index >= 15 is 0 Å². The highest BCUT2D eigenvalue weighted by Gasteiger charge is 2.23. The van der Waals surface area contributed by atoms with E-state index in [1.54, 1.807) is 0 Å². The number of nitrogens with zero attached hydrogens (tertiary/aromatic N) is 2. The number of hydrogen-bond donors (Lipinski definition) is 1. The molecular weight excluding hydrogens is 210 g/mol. The average Bonchev–Trinajstić information content (AvgIpc) is 2.37. The summed E-state index contributed by atoms with van der Waals surface area (Å²) in [6.07, 6.45) is 1.85. The first-order valence-electron chi connectivity index (χ1n) is 5.84. The quantitative estimate of drug-likeness (QED) is 0.878. The lowest BCUT2D eigenvalue weighted by Gasteiger charge is -2.36. The zero-order valence-corrected chi connectivity index (χ0v) is 10.6. The summed E-state index contributed by atoms with van der Waals surface area (Å²) in [5.41, 5.74) is 5.72. The van der Waals surface area contributed by atoms with Gasteiger partial charge in [0.2, 0.25) is 0 Å². The lowest BCUT2D eigenvalue weighted by Crippen LogP contribution is -2.47. The van der Waals surface area contributed by atoms with Crippen molar-refractivity contribution < 1.29 is 0 Å². The molecule has 0 saturated carbocycles. The number of pyridine rings is 1. The molecule has 0 atom stereocenters. The Balaban J connectivity index is 2.56. The molecule has 0 spiro atoms. The molecule has 2 aromatic rings. The number of likely N-dealkylation sites (N-methyl/N-ethyl adjacent to an activating group) is 1. The lowest BCUT2D eigenvalue weighted by molar-refractivity contribution is 0.496. The molecule has 0 saturated heterocycles. The summed E-state index contributed by atoms with van der Waals surface area (Å²) in [5, 5.41) is 2.37. The fraction of sp³-hybridized carbons (Fsp3) is 0.357. The van der Waals surface area contributed by atoms with E-state index in [-0.39, 0.29) is 5.54 Å². The van der Waals surface area contributed by atoms with Crippen LogP contribution in [0.5, 0.6) is 0 Å². The first-order valence-corrected chi connectivity index (χ1v) is 5.84. The SMILES string of the molecule is CN(c1nccc2ccccc12)C(C)(C)CN. The van der Waals surface area contributed by atoms with E-state index in [4.69, 9.17) is 5.73 Å². The van der Waals surface area contributed by atoms with Gasteiger partial charge >= 0.3 is 0 Å². The zero-order valence-electron chi connectivity index (χ0n) is 10.6. The summed E-state index contributed by atoms with van der Waals surface area (Å²) in [6, 6.07) is 10.3. The van der Waals surface area contributed by atoms with Crippen LogP contribution in [0.15, 0.2) is 36.5 Å². The Hall–Kier alpha value is -1.61. The number of rotatable bonds is 3. The Morgan fingerprint density at radius 2 is 1.94 bits per heavy atom. The molecule has 0 aliphatic rings. The van der Waals surface area contributed by atoms with Crippen molar-refractivity contribution in [3.05, 3.63) is 36.5 Å². The van der Waals surface area contributed by atoms with Crippen LogP contribution in [-0.4, -0.2) is 24.1 Å². The van der Waals surface area contributed by atoms with Crippen LogP contribution in [0.3, 0.4) is 0 Å². The molecule has 2 N–H and O–H groups in total. The standard InChI is InChI=1S/C14H19N3/c1-14(2,10-15)17(3)13-12-7-5-4-6-11(12)8-9-16-13/h4-9H,10,15H2,1-3H3. The third-order valence-electron chi connectivity index (χ3n) is 3.38. The maximum absolute atomic E-state index is 5.82. The van der Waals surface area contributed by atoms with Gasteiger partial charge in [-0.1, -0.05) is 24.3 Å². The fourth-order valence-corrected chi connectivity index (χ4v) is 1.79. The molecule has 0 radical (unpaired) electrons. The van der Waals surface area contributed by atoms with E-state index in [1.165, 1.54) is 10.8 Å². The molecule has 3 heteroatoms. The van der Waals surface area contributed by atoms with Crippen LogP contribution in [-0.2, 0) is 0 Å². The molecule has 0 fully saturated rings. The van der Waals surface area contributed by atoms with Gasteiger partial charge in [0.25, 0.3) is 0 Å². The molecule has 0 amide bonds. The van der Waals surface area contributed by atoms with Crippen LogP contribution >= 0.6 is 0 Å². The van der Waals surface area contributed by atoms with Gasteiger partial charge in [0.1, 0.15) is 5.82 Å². The molecule has 90 valence electrons. The minimum atomic E-state index is -0.100. The normalized spacial score (nSPS) is 11.8. The Labute approximate surface area is 102 Å². The molecular formula is C14H19N3. The second-order valence-corrected chi connectivity index (χ2v) is 4.93. The minimum Gasteiger partial charge on any atom is -0.353 e. The van der Waals surface area contributed by atoms with Gasteiger partial charge < -0.3 is 10.6 Å². The van der Waals surface area contributed by atoms with E-state index in [2.05, 4.69) is 35.9 Å². The molecule has 1 heterocycles. The van der Waals surface area contributed by atoms with Crippen molar-refractivity contribution in [2.24, 2.45) is 5.73 Å². The van der Waals surface area contributed by atoms with Crippen LogP contribution in [0.1, 0.15) is 13.8 Å². The van der Waals surface area contributed by atoms with Crippen molar-refractivity contribution in [1.82, 2.24) is 4.98 Å². The first kappa shape index (κ1) is 11.9. The van der Waals surface area contributed by atoms with Gasteiger partial charge in [-0.15, -0.1) is 0 Å². The molecule has 17 heavy (non-hydrogen) atoms. The highest BCUT2D eigenvalue weighted by molar-refractivity contribution is 5.92. The van der Waals surface area contributed by atoms with E-state index in [1.807, 2.05) is 31.4 Å². The smallest absolute Gasteiger partial charge is 0.136 e. The second-order valence-electron chi connectivity index (χ2n) is 4.93. The maximum Gasteiger partial charge on any atom is 0.136 e. The molecule has 3 nitrogen and oxygen atoms in total. The summed E-state index contributed by atoms with van der Waals surface area (Å²) in [5.74, 6) is 0.985. The predicted molar refractivity (Wildman–Crippen MR) is 73.3 cm³/mol. The molecule has 1 aromatic heterocycles. The van der Waals surface area contributed by atoms with Crippen LogP contribution in [0, 0.1) is 0 Å². The van der Waals surface area contributed by atoms with E-state index in [0.29, 0.717) is 6.54 Å². The third kappa shape index (κ3) is 2.11. The monoisotopic (exact) mass is 229 g/mol. The third-order valence-corrected chi connectivity index (χ3v) is 3.38. The van der Waals surface area contributed by atoms with Gasteiger partial charge in [0, 0.05) is 30.7 Å². The first-order chi connectivity index (χ1) is 8.06. The number of nitrogens with two attached hydrogens (primary N) is 1. The van der Waals surface area contributed by atoms with Crippen molar-refractivity contribution in [3.63, 3.8) is 0 Å². The largest absolute Gasteiger partial charge is 0.353 e. The summed E-state index contributed by atoms with van der Waals surface area (Å²) >= 11 is 0. The summed E-state index contributed by atoms with van der Waals surface area (Å²) in [6.45, 7) is 4.83. The second kappa shape index (κ2) is 4.34. The van der Waals surface area contributed by atoms with Gasteiger partial charge in [0.15, 0.2) is 0 Å². The van der Waals surface area contributed by atoms with Crippen molar-refractivity contribution >= 4 is 16.6 Å². The topological polar surface area (TPSA) is 42.2 Å². The van der Waals surface area contributed by atoms with E-state index in [0.717, 1.165) is 5.82 Å². The molecule has 0 aliphatic carbocycles. The number of anilines is 1. The highest BCUT2D eigenvalue weighted by atomic mass is 15.2. The van der Waals surface area contributed by atoms with Gasteiger partial charge in [0.05, 0.1) is 0 Å². The summed E-state index contributed by atoms with van der Waals surface area (Å²) < 4.78 is 0. The molecule has 2 rings (SSSR count). The predicted octanol–water partition coefficient (Wildman–Crippen LogP) is 2.41. The summed E-state index contributed by atoms with van der Waals surface area (Å²) in [7, 11) is 2.04. The Kier molecular flexibility index (Phi) is 3.03. The van der Waals surface area contributed by atoms with Gasteiger partial charge in [-0.3, -0.25) is 0 Å². The number of hydrogen-bond acceptors (Lipinski definition) is 3. The van der Waals surface area contributed by atoms with Gasteiger partial charge in [-0.05, 0) is 25.3 Å². The number of aromatic nitrogens is 1. The van der Waals surface area contributed by atoms with Crippen LogP contribution in [0.25, 0.3) is 10.8 Å². The van der Waals surface area contributed by atoms with Crippen molar-refractivity contribution in [3.8, 4) is 0 Å². The Morgan fingerprint density at radius 1 is 1.24 bits per heavy atom. The number of benzene rings is 1. The Bertz CT molecular complexity index is 514. The van der Waals surface area contributed by atoms with Gasteiger partial charge in [-0.25, -0.2) is 4.98 Å². The fourth-order valence-electron chi connectivity index (χ4n) is 1.79. The highest BCUT2D eigenvalue weighted by Crippen LogP contribution is 2.27. The maximum atomic E-state index is 5.82. The average molecular weight is 229 g/mol. The molecule has 1 aromatic carbocycles. The van der Waals surface area contributed by atoms with Crippen molar-refractivity contribution in [2.45, 2.75) is 19.4 Å². The van der Waals surface area contributed by atoms with Crippen LogP contribution < -0.4 is 10.6 Å². The summed E-state index contributed by atoms with van der Waals surface area (Å²) in [4.78, 5) is 6.64. The van der Waals surface area contributed by atoms with Crippen LogP contribution in [0.2, 0.25) is 0 Å². The molecule has 0 bridgehead atoms. The molecule has 0 aliphatic heterocycles. The molecule has 0 unspecified atom stereocenters. The van der Waals surface area contributed by atoms with Crippen molar-refractivity contribution in [1.29, 1.82) is 0 Å². The minimum absolute atomic E-state index is 0.100. The number of fused-ring (bicyclic) bond motifs is 1. The zero-order chi connectivity index (χ0) is 12.5. The van der Waals surface area contributed by atoms with Crippen molar-refractivity contribution in [2.75, 3.05) is 18.5 Å². The van der Waals surface area contributed by atoms with Crippen LogP contribution in [0.4, 0.5) is 5.82 Å². The van der Waals surface area contributed by atoms with Gasteiger partial charge in [-0.2, -0.15) is 0 Å². The van der Waals surface area contributed by atoms with E-state index in [9.17, 15) is 0 Å². The Morgan fingerprint density at radius 3 is 2.65 bits per heavy atom. The lowest BCUT2D eigenvalue weighted by atomic mass is 10.0. The van der Waals surface area contributed by atoms with E-state index < -0.39 is 0 Å².